The molecule has 0 aromatic heterocycles. The van der Waals surface area contributed by atoms with Crippen LogP contribution in [0.25, 0.3) is 0 Å². The lowest BCUT2D eigenvalue weighted by Crippen LogP contribution is -2.38. The SMILES string of the molecule is NCCCOc1cc(Cl)ccc1C(=O)N1Cc2ccccc2C(O)C1. The topological polar surface area (TPSA) is 75.8 Å². The lowest BCUT2D eigenvalue weighted by Gasteiger charge is -2.32. The number of amides is 1. The molecule has 0 bridgehead atoms. The molecule has 6 heteroatoms. The van der Waals surface area contributed by atoms with Crippen LogP contribution in [0.1, 0.15) is 34.0 Å². The van der Waals surface area contributed by atoms with Gasteiger partial charge in [0.25, 0.3) is 5.91 Å². The van der Waals surface area contributed by atoms with E-state index in [-0.39, 0.29) is 12.5 Å². The summed E-state index contributed by atoms with van der Waals surface area (Å²) in [5.74, 6) is 0.257. The van der Waals surface area contributed by atoms with E-state index in [1.54, 1.807) is 23.1 Å². The molecule has 0 spiro atoms. The Morgan fingerprint density at radius 2 is 2.12 bits per heavy atom. The highest BCUT2D eigenvalue weighted by atomic mass is 35.5. The van der Waals surface area contributed by atoms with E-state index in [1.807, 2.05) is 24.3 Å². The predicted octanol–water partition coefficient (Wildman–Crippen LogP) is 2.76. The lowest BCUT2D eigenvalue weighted by atomic mass is 9.97. The Morgan fingerprint density at radius 1 is 1.32 bits per heavy atom. The van der Waals surface area contributed by atoms with Gasteiger partial charge in [-0.2, -0.15) is 0 Å². The molecule has 2 aromatic carbocycles. The van der Waals surface area contributed by atoms with Crippen molar-refractivity contribution in [3.8, 4) is 5.75 Å². The number of benzene rings is 2. The molecule has 132 valence electrons. The number of rotatable bonds is 5. The van der Waals surface area contributed by atoms with Crippen molar-refractivity contribution in [3.05, 3.63) is 64.2 Å². The van der Waals surface area contributed by atoms with Gasteiger partial charge in [-0.3, -0.25) is 4.79 Å². The van der Waals surface area contributed by atoms with Crippen LogP contribution in [0.2, 0.25) is 5.02 Å². The van der Waals surface area contributed by atoms with Gasteiger partial charge in [0.2, 0.25) is 0 Å². The molecule has 1 unspecified atom stereocenters. The summed E-state index contributed by atoms with van der Waals surface area (Å²) in [4.78, 5) is 14.6. The number of halogens is 1. The molecule has 25 heavy (non-hydrogen) atoms. The van der Waals surface area contributed by atoms with Gasteiger partial charge < -0.3 is 20.5 Å². The number of carbonyl (C=O) groups is 1. The third-order valence-corrected chi connectivity index (χ3v) is 4.47. The third-order valence-electron chi connectivity index (χ3n) is 4.24. The van der Waals surface area contributed by atoms with Gasteiger partial charge in [0.15, 0.2) is 0 Å². The fourth-order valence-electron chi connectivity index (χ4n) is 2.96. The number of β-amino-alcohol motifs (C(OH)–C–C–N with tert-alkyl or cyclic N) is 1. The van der Waals surface area contributed by atoms with Crippen LogP contribution in [0.15, 0.2) is 42.5 Å². The van der Waals surface area contributed by atoms with Crippen LogP contribution >= 0.6 is 11.6 Å². The zero-order valence-electron chi connectivity index (χ0n) is 13.8. The number of fused-ring (bicyclic) bond motifs is 1. The van der Waals surface area contributed by atoms with E-state index in [0.717, 1.165) is 11.1 Å². The molecule has 3 rings (SSSR count). The van der Waals surface area contributed by atoms with E-state index in [9.17, 15) is 9.90 Å². The zero-order chi connectivity index (χ0) is 17.8. The summed E-state index contributed by atoms with van der Waals surface area (Å²) in [6, 6.07) is 12.6. The van der Waals surface area contributed by atoms with Crippen molar-refractivity contribution in [2.75, 3.05) is 19.7 Å². The maximum atomic E-state index is 13.0. The van der Waals surface area contributed by atoms with E-state index in [0.29, 0.717) is 42.5 Å². The third kappa shape index (κ3) is 3.95. The molecule has 1 amide bonds. The van der Waals surface area contributed by atoms with Crippen LogP contribution in [0.4, 0.5) is 0 Å². The molecule has 1 aliphatic heterocycles. The fraction of sp³-hybridized carbons (Fsp3) is 0.316. The number of nitrogens with two attached hydrogens (primary N) is 1. The summed E-state index contributed by atoms with van der Waals surface area (Å²) < 4.78 is 5.69. The first-order valence-corrected chi connectivity index (χ1v) is 8.65. The van der Waals surface area contributed by atoms with Gasteiger partial charge in [-0.05, 0) is 42.3 Å². The highest BCUT2D eigenvalue weighted by Crippen LogP contribution is 2.30. The highest BCUT2D eigenvalue weighted by Gasteiger charge is 2.28. The molecule has 1 aliphatic rings. The Labute approximate surface area is 152 Å². The summed E-state index contributed by atoms with van der Waals surface area (Å²) in [5.41, 5.74) is 7.76. The second-order valence-electron chi connectivity index (χ2n) is 6.03. The zero-order valence-corrected chi connectivity index (χ0v) is 14.6. The van der Waals surface area contributed by atoms with Gasteiger partial charge in [0, 0.05) is 11.6 Å². The molecular formula is C19H21ClN2O3. The maximum absolute atomic E-state index is 13.0. The fourth-order valence-corrected chi connectivity index (χ4v) is 3.13. The second kappa shape index (κ2) is 7.87. The molecule has 0 saturated heterocycles. The minimum atomic E-state index is -0.692. The van der Waals surface area contributed by atoms with Crippen LogP contribution in [0, 0.1) is 0 Å². The van der Waals surface area contributed by atoms with E-state index < -0.39 is 6.10 Å². The van der Waals surface area contributed by atoms with Gasteiger partial charge in [-0.15, -0.1) is 0 Å². The Morgan fingerprint density at radius 3 is 2.92 bits per heavy atom. The molecule has 5 nitrogen and oxygen atoms in total. The summed E-state index contributed by atoms with van der Waals surface area (Å²) in [7, 11) is 0. The quantitative estimate of drug-likeness (QED) is 0.804. The van der Waals surface area contributed by atoms with Gasteiger partial charge in [0.05, 0.1) is 24.8 Å². The van der Waals surface area contributed by atoms with Crippen molar-refractivity contribution in [2.24, 2.45) is 5.73 Å². The van der Waals surface area contributed by atoms with Gasteiger partial charge in [-0.1, -0.05) is 35.9 Å². The van der Waals surface area contributed by atoms with E-state index in [2.05, 4.69) is 0 Å². The van der Waals surface area contributed by atoms with E-state index in [1.165, 1.54) is 0 Å². The van der Waals surface area contributed by atoms with Crippen LogP contribution in [0.3, 0.4) is 0 Å². The van der Waals surface area contributed by atoms with Crippen molar-refractivity contribution in [1.29, 1.82) is 0 Å². The van der Waals surface area contributed by atoms with Gasteiger partial charge in [0.1, 0.15) is 5.75 Å². The molecule has 2 aromatic rings. The number of aliphatic hydroxyl groups excluding tert-OH is 1. The Balaban J connectivity index is 1.84. The monoisotopic (exact) mass is 360 g/mol. The number of hydrogen-bond donors (Lipinski definition) is 2. The highest BCUT2D eigenvalue weighted by molar-refractivity contribution is 6.30. The van der Waals surface area contributed by atoms with E-state index >= 15 is 0 Å². The standard InChI is InChI=1S/C19H21ClN2O3/c20-14-6-7-16(18(10-14)25-9-3-8-21)19(24)22-11-13-4-1-2-5-15(13)17(23)12-22/h1-2,4-7,10,17,23H,3,8-9,11-12,21H2. The summed E-state index contributed by atoms with van der Waals surface area (Å²) >= 11 is 6.04. The average Bonchev–Trinajstić information content (AvgIpc) is 2.61. The number of nitrogens with zero attached hydrogens (tertiary/aromatic N) is 1. The van der Waals surface area contributed by atoms with Crippen molar-refractivity contribution < 1.29 is 14.6 Å². The normalized spacial score (nSPS) is 16.4. The Bertz CT molecular complexity index is 766. The maximum Gasteiger partial charge on any atom is 0.258 e. The lowest BCUT2D eigenvalue weighted by molar-refractivity contribution is 0.0546. The molecule has 0 saturated carbocycles. The first-order chi connectivity index (χ1) is 12.1. The van der Waals surface area contributed by atoms with Crippen molar-refractivity contribution >= 4 is 17.5 Å². The first kappa shape index (κ1) is 17.7. The average molecular weight is 361 g/mol. The van der Waals surface area contributed by atoms with Crippen molar-refractivity contribution in [3.63, 3.8) is 0 Å². The first-order valence-electron chi connectivity index (χ1n) is 8.27. The number of ether oxygens (including phenoxy) is 1. The van der Waals surface area contributed by atoms with Crippen LogP contribution in [-0.2, 0) is 6.54 Å². The van der Waals surface area contributed by atoms with Gasteiger partial charge in [-0.25, -0.2) is 0 Å². The molecule has 1 atom stereocenters. The largest absolute Gasteiger partial charge is 0.493 e. The van der Waals surface area contributed by atoms with Gasteiger partial charge >= 0.3 is 0 Å². The molecule has 0 aliphatic carbocycles. The number of carbonyl (C=O) groups excluding carboxylic acids is 1. The number of hydrogen-bond acceptors (Lipinski definition) is 4. The van der Waals surface area contributed by atoms with Crippen molar-refractivity contribution in [2.45, 2.75) is 19.1 Å². The van der Waals surface area contributed by atoms with Crippen LogP contribution in [0.5, 0.6) is 5.75 Å². The summed E-state index contributed by atoms with van der Waals surface area (Å²) in [6.07, 6.45) is -0.00142. The molecular weight excluding hydrogens is 340 g/mol. The molecule has 1 heterocycles. The summed E-state index contributed by atoms with van der Waals surface area (Å²) in [6.45, 7) is 1.64. The van der Waals surface area contributed by atoms with Crippen molar-refractivity contribution in [1.82, 2.24) is 4.90 Å². The molecule has 0 fully saturated rings. The number of aliphatic hydroxyl groups is 1. The van der Waals surface area contributed by atoms with Crippen LogP contribution < -0.4 is 10.5 Å². The van der Waals surface area contributed by atoms with E-state index in [4.69, 9.17) is 22.1 Å². The predicted molar refractivity (Wildman–Crippen MR) is 96.8 cm³/mol. The summed E-state index contributed by atoms with van der Waals surface area (Å²) in [5, 5.41) is 10.9. The smallest absolute Gasteiger partial charge is 0.258 e. The minimum absolute atomic E-state index is 0.187. The minimum Gasteiger partial charge on any atom is -0.493 e. The molecule has 3 N–H and O–H groups in total. The van der Waals surface area contributed by atoms with Crippen LogP contribution in [-0.4, -0.2) is 35.6 Å². The second-order valence-corrected chi connectivity index (χ2v) is 6.47. The Kier molecular flexibility index (Phi) is 5.58. The molecule has 0 radical (unpaired) electrons. The Hall–Kier alpha value is -2.08.